The maximum absolute atomic E-state index is 12.6. The summed E-state index contributed by atoms with van der Waals surface area (Å²) in [6.07, 6.45) is 0. The number of aliphatic hydroxyl groups is 1. The van der Waals surface area contributed by atoms with Crippen molar-refractivity contribution >= 4 is 21.6 Å². The Morgan fingerprint density at radius 2 is 1.76 bits per heavy atom. The van der Waals surface area contributed by atoms with Gasteiger partial charge in [0.1, 0.15) is 5.75 Å². The third-order valence-corrected chi connectivity index (χ3v) is 5.21. The molecular formula is C17H20N2O5S. The van der Waals surface area contributed by atoms with Crippen LogP contribution in [0, 0.1) is 0 Å². The molecule has 0 saturated carbocycles. The first kappa shape index (κ1) is 18.8. The molecule has 0 bridgehead atoms. The van der Waals surface area contributed by atoms with Crippen molar-refractivity contribution < 1.29 is 23.1 Å². The van der Waals surface area contributed by atoms with Gasteiger partial charge in [-0.3, -0.25) is 9.10 Å². The largest absolute Gasteiger partial charge is 0.484 e. The molecule has 8 heteroatoms. The van der Waals surface area contributed by atoms with Crippen LogP contribution in [0.5, 0.6) is 5.75 Å². The van der Waals surface area contributed by atoms with Gasteiger partial charge in [-0.25, -0.2) is 8.42 Å². The van der Waals surface area contributed by atoms with Crippen molar-refractivity contribution in [2.45, 2.75) is 4.90 Å². The van der Waals surface area contributed by atoms with E-state index in [0.717, 1.165) is 0 Å². The molecule has 0 heterocycles. The molecule has 0 aliphatic rings. The summed E-state index contributed by atoms with van der Waals surface area (Å²) in [5, 5.41) is 11.1. The van der Waals surface area contributed by atoms with E-state index < -0.39 is 10.0 Å². The van der Waals surface area contributed by atoms with Crippen LogP contribution in [0.15, 0.2) is 59.5 Å². The molecule has 0 fully saturated rings. The van der Waals surface area contributed by atoms with Gasteiger partial charge in [0.2, 0.25) is 0 Å². The van der Waals surface area contributed by atoms with E-state index >= 15 is 0 Å². The summed E-state index contributed by atoms with van der Waals surface area (Å²) in [6.45, 7) is -0.149. The zero-order valence-electron chi connectivity index (χ0n) is 13.8. The third-order valence-electron chi connectivity index (χ3n) is 3.41. The molecule has 2 rings (SSSR count). The molecule has 25 heavy (non-hydrogen) atoms. The maximum atomic E-state index is 12.6. The highest BCUT2D eigenvalue weighted by Crippen LogP contribution is 2.24. The number of ether oxygens (including phenoxy) is 1. The standard InChI is InChI=1S/C17H20N2O5S/c1-19(25(22,23)16-5-3-2-4-6-16)14-7-9-15(10-8-14)24-13-17(21)18-11-12-20/h2-10,20H,11-13H2,1H3,(H,18,21). The molecule has 0 unspecified atom stereocenters. The Bertz CT molecular complexity index is 792. The smallest absolute Gasteiger partial charge is 0.264 e. The molecule has 2 aromatic rings. The molecular weight excluding hydrogens is 344 g/mol. The summed E-state index contributed by atoms with van der Waals surface area (Å²) >= 11 is 0. The van der Waals surface area contributed by atoms with Crippen molar-refractivity contribution in [1.82, 2.24) is 5.32 Å². The first-order valence-electron chi connectivity index (χ1n) is 7.59. The Morgan fingerprint density at radius 1 is 1.12 bits per heavy atom. The number of amides is 1. The van der Waals surface area contributed by atoms with E-state index in [1.54, 1.807) is 42.5 Å². The van der Waals surface area contributed by atoms with Crippen molar-refractivity contribution in [3.8, 4) is 5.75 Å². The van der Waals surface area contributed by atoms with Crippen LogP contribution < -0.4 is 14.4 Å². The van der Waals surface area contributed by atoms with E-state index in [1.807, 2.05) is 0 Å². The second-order valence-corrected chi connectivity index (χ2v) is 7.11. The van der Waals surface area contributed by atoms with Gasteiger partial charge in [0.15, 0.2) is 6.61 Å². The number of carbonyl (C=O) groups is 1. The third kappa shape index (κ3) is 4.94. The minimum atomic E-state index is -3.64. The predicted molar refractivity (Wildman–Crippen MR) is 94.1 cm³/mol. The van der Waals surface area contributed by atoms with Gasteiger partial charge >= 0.3 is 0 Å². The lowest BCUT2D eigenvalue weighted by atomic mass is 10.3. The fraction of sp³-hybridized carbons (Fsp3) is 0.235. The number of rotatable bonds is 8. The Labute approximate surface area is 146 Å². The monoisotopic (exact) mass is 364 g/mol. The molecule has 7 nitrogen and oxygen atoms in total. The van der Waals surface area contributed by atoms with Crippen LogP contribution in [0.2, 0.25) is 0 Å². The van der Waals surface area contributed by atoms with E-state index in [4.69, 9.17) is 9.84 Å². The number of hydrogen-bond donors (Lipinski definition) is 2. The highest BCUT2D eigenvalue weighted by Gasteiger charge is 2.20. The van der Waals surface area contributed by atoms with Gasteiger partial charge in [-0.15, -0.1) is 0 Å². The topological polar surface area (TPSA) is 95.9 Å². The van der Waals surface area contributed by atoms with Gasteiger partial charge in [-0.05, 0) is 36.4 Å². The van der Waals surface area contributed by atoms with Crippen LogP contribution in [0.1, 0.15) is 0 Å². The van der Waals surface area contributed by atoms with Crippen LogP contribution in [0.4, 0.5) is 5.69 Å². The lowest BCUT2D eigenvalue weighted by Crippen LogP contribution is -2.31. The molecule has 2 N–H and O–H groups in total. The van der Waals surface area contributed by atoms with E-state index in [0.29, 0.717) is 11.4 Å². The highest BCUT2D eigenvalue weighted by atomic mass is 32.2. The average molecular weight is 364 g/mol. The van der Waals surface area contributed by atoms with Gasteiger partial charge < -0.3 is 15.2 Å². The van der Waals surface area contributed by atoms with Crippen LogP contribution in [0.3, 0.4) is 0 Å². The number of nitrogens with one attached hydrogen (secondary N) is 1. The second-order valence-electron chi connectivity index (χ2n) is 5.14. The molecule has 134 valence electrons. The summed E-state index contributed by atoms with van der Waals surface area (Å²) < 4.78 is 31.6. The van der Waals surface area contributed by atoms with Crippen molar-refractivity contribution in [3.63, 3.8) is 0 Å². The lowest BCUT2D eigenvalue weighted by Gasteiger charge is -2.19. The Morgan fingerprint density at radius 3 is 2.36 bits per heavy atom. The zero-order chi connectivity index (χ0) is 18.3. The van der Waals surface area contributed by atoms with Crippen molar-refractivity contribution in [1.29, 1.82) is 0 Å². The molecule has 0 aromatic heterocycles. The van der Waals surface area contributed by atoms with Crippen molar-refractivity contribution in [3.05, 3.63) is 54.6 Å². The minimum absolute atomic E-state index is 0.136. The first-order valence-corrected chi connectivity index (χ1v) is 9.03. The number of aliphatic hydroxyl groups excluding tert-OH is 1. The van der Waals surface area contributed by atoms with Gasteiger partial charge in [-0.1, -0.05) is 18.2 Å². The SMILES string of the molecule is CN(c1ccc(OCC(=O)NCCO)cc1)S(=O)(=O)c1ccccc1. The Balaban J connectivity index is 2.03. The van der Waals surface area contributed by atoms with Crippen LogP contribution in [-0.2, 0) is 14.8 Å². The highest BCUT2D eigenvalue weighted by molar-refractivity contribution is 7.92. The number of nitrogens with zero attached hydrogens (tertiary/aromatic N) is 1. The number of sulfonamides is 1. The van der Waals surface area contributed by atoms with E-state index in [9.17, 15) is 13.2 Å². The Hall–Kier alpha value is -2.58. The zero-order valence-corrected chi connectivity index (χ0v) is 14.6. The van der Waals surface area contributed by atoms with E-state index in [1.165, 1.54) is 23.5 Å². The van der Waals surface area contributed by atoms with E-state index in [-0.39, 0.29) is 30.6 Å². The summed E-state index contributed by atoms with van der Waals surface area (Å²) in [4.78, 5) is 11.6. The van der Waals surface area contributed by atoms with Gasteiger partial charge in [-0.2, -0.15) is 0 Å². The quantitative estimate of drug-likeness (QED) is 0.728. The normalized spacial score (nSPS) is 11.0. The predicted octanol–water partition coefficient (Wildman–Crippen LogP) is 0.999. The van der Waals surface area contributed by atoms with Gasteiger partial charge in [0.05, 0.1) is 17.2 Å². The maximum Gasteiger partial charge on any atom is 0.264 e. The molecule has 2 aromatic carbocycles. The average Bonchev–Trinajstić information content (AvgIpc) is 2.65. The minimum Gasteiger partial charge on any atom is -0.484 e. The molecule has 0 radical (unpaired) electrons. The lowest BCUT2D eigenvalue weighted by molar-refractivity contribution is -0.123. The first-order chi connectivity index (χ1) is 11.9. The molecule has 0 aliphatic heterocycles. The molecule has 0 spiro atoms. The Kier molecular flexibility index (Phi) is 6.37. The van der Waals surface area contributed by atoms with Crippen LogP contribution in [0.25, 0.3) is 0 Å². The summed E-state index contributed by atoms with van der Waals surface area (Å²) in [7, 11) is -2.16. The fourth-order valence-corrected chi connectivity index (χ4v) is 3.25. The van der Waals surface area contributed by atoms with E-state index in [2.05, 4.69) is 5.32 Å². The van der Waals surface area contributed by atoms with Crippen LogP contribution in [-0.4, -0.2) is 46.2 Å². The summed E-state index contributed by atoms with van der Waals surface area (Å²) in [6, 6.07) is 14.5. The van der Waals surface area contributed by atoms with Crippen LogP contribution >= 0.6 is 0 Å². The summed E-state index contributed by atoms with van der Waals surface area (Å²) in [5.74, 6) is 0.0929. The molecule has 0 aliphatic carbocycles. The van der Waals surface area contributed by atoms with Gasteiger partial charge in [0, 0.05) is 13.6 Å². The van der Waals surface area contributed by atoms with Gasteiger partial charge in [0.25, 0.3) is 15.9 Å². The molecule has 0 atom stereocenters. The summed E-state index contributed by atoms with van der Waals surface area (Å²) in [5.41, 5.74) is 0.473. The number of hydrogen-bond acceptors (Lipinski definition) is 5. The number of benzene rings is 2. The number of carbonyl (C=O) groups excluding carboxylic acids is 1. The van der Waals surface area contributed by atoms with Crippen molar-refractivity contribution in [2.75, 3.05) is 31.1 Å². The number of anilines is 1. The fourth-order valence-electron chi connectivity index (χ4n) is 2.04. The van der Waals surface area contributed by atoms with Crippen molar-refractivity contribution in [2.24, 2.45) is 0 Å². The molecule has 1 amide bonds. The molecule has 0 saturated heterocycles. The second kappa shape index (κ2) is 8.50.